The van der Waals surface area contributed by atoms with Crippen LogP contribution >= 0.6 is 11.6 Å². The fourth-order valence-corrected chi connectivity index (χ4v) is 7.29. The topological polar surface area (TPSA) is 54.2 Å². The smallest absolute Gasteiger partial charge is 0.251 e. The molecule has 0 bridgehead atoms. The van der Waals surface area contributed by atoms with Crippen LogP contribution in [0, 0.1) is 0 Å². The Morgan fingerprint density at radius 3 is 2.28 bits per heavy atom. The van der Waals surface area contributed by atoms with Crippen LogP contribution in [-0.4, -0.2) is 50.8 Å². The Kier molecular flexibility index (Phi) is 8.32. The lowest BCUT2D eigenvalue weighted by Gasteiger charge is -2.24. The van der Waals surface area contributed by atoms with Crippen LogP contribution in [-0.2, 0) is 17.4 Å². The number of fused-ring (bicyclic) bond motifs is 2. The van der Waals surface area contributed by atoms with Crippen LogP contribution < -0.4 is 19.1 Å². The predicted octanol–water partition coefficient (Wildman–Crippen LogP) is 7.68. The van der Waals surface area contributed by atoms with Crippen molar-refractivity contribution in [1.29, 1.82) is 0 Å². The van der Waals surface area contributed by atoms with Gasteiger partial charge < -0.3 is 24.2 Å². The molecule has 2 aliphatic heterocycles. The van der Waals surface area contributed by atoms with Gasteiger partial charge in [0, 0.05) is 40.9 Å². The molecular weight excluding hydrogens is 560 g/mol. The van der Waals surface area contributed by atoms with Crippen LogP contribution in [0.1, 0.15) is 63.6 Å². The van der Waals surface area contributed by atoms with Gasteiger partial charge in [0.25, 0.3) is 5.69 Å². The third-order valence-electron chi connectivity index (χ3n) is 9.40. The van der Waals surface area contributed by atoms with Crippen molar-refractivity contribution in [3.8, 4) is 17.2 Å². The summed E-state index contributed by atoms with van der Waals surface area (Å²) in [5.41, 5.74) is 9.39. The van der Waals surface area contributed by atoms with Gasteiger partial charge in [0.05, 0.1) is 39.0 Å². The van der Waals surface area contributed by atoms with E-state index >= 15 is 0 Å². The lowest BCUT2D eigenvalue weighted by atomic mass is 9.80. The summed E-state index contributed by atoms with van der Waals surface area (Å²) in [5.74, 6) is 2.36. The largest absolute Gasteiger partial charge is 0.497 e. The number of nitrogens with zero attached hydrogens (tertiary/aromatic N) is 2. The number of benzene rings is 2. The maximum absolute atomic E-state index is 9.83. The Labute approximate surface area is 261 Å². The molecule has 1 aliphatic carbocycles. The number of hydrogen-bond donors (Lipinski definition) is 1. The number of allylic oxidation sites excluding steroid dienone is 8. The summed E-state index contributed by atoms with van der Waals surface area (Å²) < 4.78 is 19.2. The molecule has 0 saturated carbocycles. The van der Waals surface area contributed by atoms with E-state index in [0.717, 1.165) is 80.9 Å². The third-order valence-corrected chi connectivity index (χ3v) is 9.89. The average molecular weight is 604 g/mol. The number of hydrogen-bond acceptors (Lipinski definition) is 5. The maximum atomic E-state index is 9.83. The van der Waals surface area contributed by atoms with E-state index in [1.165, 1.54) is 11.3 Å². The van der Waals surface area contributed by atoms with E-state index in [2.05, 4.69) is 87.7 Å². The minimum atomic E-state index is -0.263. The molecule has 7 heteroatoms. The second-order valence-electron chi connectivity index (χ2n) is 12.6. The maximum Gasteiger partial charge on any atom is 0.251 e. The Morgan fingerprint density at radius 1 is 0.907 bits per heavy atom. The average Bonchev–Trinajstić information content (AvgIpc) is 3.31. The zero-order valence-corrected chi connectivity index (χ0v) is 27.6. The summed E-state index contributed by atoms with van der Waals surface area (Å²) in [6, 6.07) is 8.05. The van der Waals surface area contributed by atoms with Crippen molar-refractivity contribution < 1.29 is 23.9 Å². The molecule has 1 N–H and O–H groups in total. The summed E-state index contributed by atoms with van der Waals surface area (Å²) in [7, 11) is 9.23. The number of rotatable bonds is 7. The van der Waals surface area contributed by atoms with E-state index in [1.54, 1.807) is 21.3 Å². The lowest BCUT2D eigenvalue weighted by Crippen LogP contribution is -2.26. The van der Waals surface area contributed by atoms with Crippen molar-refractivity contribution in [1.82, 2.24) is 0 Å². The monoisotopic (exact) mass is 603 g/mol. The SMILES string of the molecule is COc1cc(OC)c2c(c1)C(C)(C)C(=CC=C1CCCC(C=CC3=[N+](C)c4c(OC)cc(CO)cc4C3(C)C)=C1Cl)N2C. The van der Waals surface area contributed by atoms with Gasteiger partial charge >= 0.3 is 0 Å². The molecule has 0 amide bonds. The Morgan fingerprint density at radius 2 is 1.63 bits per heavy atom. The van der Waals surface area contributed by atoms with Gasteiger partial charge in [0.1, 0.15) is 18.5 Å². The molecule has 0 radical (unpaired) electrons. The summed E-state index contributed by atoms with van der Waals surface area (Å²) in [5, 5.41) is 10.7. The van der Waals surface area contributed by atoms with E-state index in [9.17, 15) is 5.11 Å². The van der Waals surface area contributed by atoms with Crippen molar-refractivity contribution in [3.05, 3.63) is 87.1 Å². The highest BCUT2D eigenvalue weighted by Crippen LogP contribution is 2.53. The first-order chi connectivity index (χ1) is 20.4. The van der Waals surface area contributed by atoms with Crippen LogP contribution in [0.4, 0.5) is 11.4 Å². The first-order valence-electron chi connectivity index (χ1n) is 14.8. The molecule has 2 heterocycles. The van der Waals surface area contributed by atoms with Crippen LogP contribution in [0.5, 0.6) is 17.2 Å². The summed E-state index contributed by atoms with van der Waals surface area (Å²) in [6.45, 7) is 8.87. The molecule has 0 spiro atoms. The van der Waals surface area contributed by atoms with Gasteiger partial charge in [-0.3, -0.25) is 0 Å². The van der Waals surface area contributed by atoms with Gasteiger partial charge in [0.2, 0.25) is 0 Å². The molecule has 228 valence electrons. The number of anilines is 1. The van der Waals surface area contributed by atoms with Gasteiger partial charge in [-0.05, 0) is 79.7 Å². The van der Waals surface area contributed by atoms with Crippen LogP contribution in [0.15, 0.2) is 70.4 Å². The van der Waals surface area contributed by atoms with Gasteiger partial charge in [0.15, 0.2) is 11.5 Å². The first-order valence-corrected chi connectivity index (χ1v) is 15.2. The van der Waals surface area contributed by atoms with Crippen molar-refractivity contribution in [2.24, 2.45) is 0 Å². The summed E-state index contributed by atoms with van der Waals surface area (Å²) in [6.07, 6.45) is 11.7. The highest BCUT2D eigenvalue weighted by molar-refractivity contribution is 6.32. The minimum absolute atomic E-state index is 0.0246. The minimum Gasteiger partial charge on any atom is -0.497 e. The first kappa shape index (κ1) is 31.0. The van der Waals surface area contributed by atoms with E-state index in [4.69, 9.17) is 25.8 Å². The van der Waals surface area contributed by atoms with Crippen molar-refractivity contribution in [2.75, 3.05) is 40.3 Å². The number of aliphatic hydroxyl groups is 1. The number of likely N-dealkylation sites (N-methyl/N-ethyl adjacent to an activating group) is 1. The van der Waals surface area contributed by atoms with E-state index in [1.807, 2.05) is 12.1 Å². The molecule has 3 aliphatic rings. The van der Waals surface area contributed by atoms with E-state index in [0.29, 0.717) is 0 Å². The van der Waals surface area contributed by atoms with E-state index in [-0.39, 0.29) is 17.4 Å². The third kappa shape index (κ3) is 5.08. The van der Waals surface area contributed by atoms with E-state index < -0.39 is 0 Å². The normalized spacial score (nSPS) is 20.9. The lowest BCUT2D eigenvalue weighted by molar-refractivity contribution is -0.402. The van der Waals surface area contributed by atoms with Gasteiger partial charge in [-0.1, -0.05) is 37.6 Å². The summed E-state index contributed by atoms with van der Waals surface area (Å²) >= 11 is 7.10. The second kappa shape index (κ2) is 11.5. The highest BCUT2D eigenvalue weighted by Gasteiger charge is 2.45. The molecule has 0 fully saturated rings. The molecule has 2 aromatic rings. The molecule has 2 aromatic carbocycles. The van der Waals surface area contributed by atoms with Crippen molar-refractivity contribution >= 4 is 28.7 Å². The van der Waals surface area contributed by atoms with Crippen molar-refractivity contribution in [2.45, 2.75) is 64.4 Å². The number of methoxy groups -OCH3 is 3. The summed E-state index contributed by atoms with van der Waals surface area (Å²) in [4.78, 5) is 2.22. The number of ether oxygens (including phenoxy) is 3. The zero-order valence-electron chi connectivity index (χ0n) is 26.9. The van der Waals surface area contributed by atoms with Crippen LogP contribution in [0.25, 0.3) is 0 Å². The predicted molar refractivity (Wildman–Crippen MR) is 176 cm³/mol. The molecule has 0 aromatic heterocycles. The Bertz CT molecular complexity index is 1620. The number of halogens is 1. The Balaban J connectivity index is 1.49. The molecular formula is C36H44ClN2O4+. The molecule has 5 rings (SSSR count). The highest BCUT2D eigenvalue weighted by atomic mass is 35.5. The fourth-order valence-electron chi connectivity index (χ4n) is 6.98. The van der Waals surface area contributed by atoms with Crippen LogP contribution in [0.2, 0.25) is 0 Å². The van der Waals surface area contributed by atoms with Gasteiger partial charge in [-0.15, -0.1) is 0 Å². The molecule has 6 nitrogen and oxygen atoms in total. The molecule has 0 atom stereocenters. The number of aliphatic hydroxyl groups excluding tert-OH is 1. The van der Waals surface area contributed by atoms with Gasteiger partial charge in [-0.2, -0.15) is 4.58 Å². The Hall–Kier alpha value is -3.48. The van der Waals surface area contributed by atoms with Crippen molar-refractivity contribution in [3.63, 3.8) is 0 Å². The molecule has 43 heavy (non-hydrogen) atoms. The zero-order chi connectivity index (χ0) is 31.3. The standard InChI is InChI=1S/C36H44ClN2O4/c1-35(2)26-17-22(21-40)18-28(42-8)33(26)38(5)30(35)15-13-23-11-10-12-24(32(23)37)14-16-31-36(3,4)27-19-25(41-7)20-29(43-9)34(27)39(31)6/h13-20,40H,10-12,21H2,1-9H3/q+1. The second-order valence-corrected chi connectivity index (χ2v) is 13.0. The van der Waals surface area contributed by atoms with Crippen LogP contribution in [0.3, 0.4) is 0 Å². The molecule has 0 unspecified atom stereocenters. The van der Waals surface area contributed by atoms with Gasteiger partial charge in [-0.25, -0.2) is 0 Å². The quantitative estimate of drug-likeness (QED) is 0.329. The fraction of sp³-hybridized carbons (Fsp3) is 0.417. The molecule has 0 saturated heterocycles.